The summed E-state index contributed by atoms with van der Waals surface area (Å²) in [7, 11) is -3.33. The Balaban J connectivity index is 1.83. The molecule has 0 aliphatic heterocycles. The molecule has 0 saturated heterocycles. The lowest BCUT2D eigenvalue weighted by atomic mass is 10.1. The van der Waals surface area contributed by atoms with Gasteiger partial charge in [-0.1, -0.05) is 25.4 Å². The Kier molecular flexibility index (Phi) is 5.58. The Morgan fingerprint density at radius 1 is 1.15 bits per heavy atom. The third kappa shape index (κ3) is 4.01. The van der Waals surface area contributed by atoms with Gasteiger partial charge in [-0.05, 0) is 56.0 Å². The highest BCUT2D eigenvalue weighted by Gasteiger charge is 2.18. The summed E-state index contributed by atoms with van der Waals surface area (Å²) in [6.07, 6.45) is 2.30. The first-order valence-electron chi connectivity index (χ1n) is 9.01. The van der Waals surface area contributed by atoms with Gasteiger partial charge in [0.25, 0.3) is 0 Å². The van der Waals surface area contributed by atoms with Crippen LogP contribution >= 0.6 is 11.6 Å². The van der Waals surface area contributed by atoms with Gasteiger partial charge in [-0.25, -0.2) is 13.4 Å². The lowest BCUT2D eigenvalue weighted by molar-refractivity contribution is 0.587. The van der Waals surface area contributed by atoms with Crippen molar-refractivity contribution in [1.82, 2.24) is 14.5 Å². The number of fused-ring (bicyclic) bond motifs is 1. The summed E-state index contributed by atoms with van der Waals surface area (Å²) >= 11 is 5.84. The fourth-order valence-corrected chi connectivity index (χ4v) is 4.63. The van der Waals surface area contributed by atoms with Crippen LogP contribution in [0.4, 0.5) is 0 Å². The maximum atomic E-state index is 12.5. The predicted molar refractivity (Wildman–Crippen MR) is 109 cm³/mol. The molecule has 3 rings (SSSR count). The first kappa shape index (κ1) is 19.8. The van der Waals surface area contributed by atoms with Crippen LogP contribution in [0.5, 0.6) is 0 Å². The zero-order valence-electron chi connectivity index (χ0n) is 16.0. The SMILES string of the molecule is Cc1nc(C(C)C)c2ncn(CCCS(=O)(=O)c3ccc(Cl)cc3)c2c1C. The van der Waals surface area contributed by atoms with Crippen molar-refractivity contribution in [2.24, 2.45) is 0 Å². The molecule has 0 radical (unpaired) electrons. The molecule has 0 saturated carbocycles. The lowest BCUT2D eigenvalue weighted by Crippen LogP contribution is -2.10. The van der Waals surface area contributed by atoms with E-state index in [0.29, 0.717) is 22.9 Å². The van der Waals surface area contributed by atoms with Gasteiger partial charge in [-0.15, -0.1) is 0 Å². The van der Waals surface area contributed by atoms with Crippen molar-refractivity contribution in [2.45, 2.75) is 51.5 Å². The number of hydrogen-bond acceptors (Lipinski definition) is 4. The molecule has 0 N–H and O–H groups in total. The number of rotatable bonds is 6. The van der Waals surface area contributed by atoms with E-state index in [-0.39, 0.29) is 11.7 Å². The molecule has 0 aliphatic rings. The molecule has 0 spiro atoms. The number of nitrogens with zero attached hydrogens (tertiary/aromatic N) is 3. The normalized spacial score (nSPS) is 12.2. The second kappa shape index (κ2) is 7.60. The van der Waals surface area contributed by atoms with Crippen molar-refractivity contribution < 1.29 is 8.42 Å². The van der Waals surface area contributed by atoms with E-state index in [9.17, 15) is 8.42 Å². The van der Waals surface area contributed by atoms with Gasteiger partial charge in [0.1, 0.15) is 5.52 Å². The third-order valence-corrected chi connectivity index (χ3v) is 6.87. The summed E-state index contributed by atoms with van der Waals surface area (Å²) in [5.41, 5.74) is 5.03. The molecule has 2 aromatic heterocycles. The predicted octanol–water partition coefficient (Wildman–Crippen LogP) is 4.69. The van der Waals surface area contributed by atoms with Crippen LogP contribution in [0.3, 0.4) is 0 Å². The van der Waals surface area contributed by atoms with E-state index in [1.54, 1.807) is 30.6 Å². The molecule has 0 aliphatic carbocycles. The van der Waals surface area contributed by atoms with Crippen molar-refractivity contribution in [3.05, 3.63) is 52.6 Å². The molecular formula is C20H24ClN3O2S. The topological polar surface area (TPSA) is 64.8 Å². The summed E-state index contributed by atoms with van der Waals surface area (Å²) in [5, 5.41) is 0.527. The molecule has 7 heteroatoms. The Bertz CT molecular complexity index is 1070. The fraction of sp³-hybridized carbons (Fsp3) is 0.400. The largest absolute Gasteiger partial charge is 0.330 e. The van der Waals surface area contributed by atoms with Crippen molar-refractivity contribution in [3.8, 4) is 0 Å². The van der Waals surface area contributed by atoms with E-state index >= 15 is 0 Å². The van der Waals surface area contributed by atoms with Crippen molar-refractivity contribution in [2.75, 3.05) is 5.75 Å². The van der Waals surface area contributed by atoms with Crippen LogP contribution in [0.25, 0.3) is 11.0 Å². The van der Waals surface area contributed by atoms with E-state index in [1.165, 1.54) is 0 Å². The van der Waals surface area contributed by atoms with Crippen LogP contribution in [-0.4, -0.2) is 28.7 Å². The number of hydrogen-bond donors (Lipinski definition) is 0. The summed E-state index contributed by atoms with van der Waals surface area (Å²) < 4.78 is 27.1. The van der Waals surface area contributed by atoms with Crippen molar-refractivity contribution in [3.63, 3.8) is 0 Å². The van der Waals surface area contributed by atoms with Gasteiger partial charge < -0.3 is 4.57 Å². The highest BCUT2D eigenvalue weighted by Crippen LogP contribution is 2.27. The van der Waals surface area contributed by atoms with Gasteiger partial charge in [0, 0.05) is 17.3 Å². The van der Waals surface area contributed by atoms with Gasteiger partial charge in [0.15, 0.2) is 9.84 Å². The molecular weight excluding hydrogens is 382 g/mol. The second-order valence-electron chi connectivity index (χ2n) is 7.12. The molecule has 5 nitrogen and oxygen atoms in total. The Labute approximate surface area is 165 Å². The minimum atomic E-state index is -3.33. The van der Waals surface area contributed by atoms with Crippen LogP contribution in [0.2, 0.25) is 5.02 Å². The van der Waals surface area contributed by atoms with Gasteiger partial charge in [-0.3, -0.25) is 4.98 Å². The third-order valence-electron chi connectivity index (χ3n) is 4.80. The first-order chi connectivity index (χ1) is 12.7. The van der Waals surface area contributed by atoms with Crippen molar-refractivity contribution in [1.29, 1.82) is 0 Å². The molecule has 3 aromatic rings. The van der Waals surface area contributed by atoms with Gasteiger partial charge in [0.05, 0.1) is 28.2 Å². The van der Waals surface area contributed by atoms with E-state index < -0.39 is 9.84 Å². The number of pyridine rings is 1. The number of aromatic nitrogens is 3. The molecule has 0 amide bonds. The van der Waals surface area contributed by atoms with E-state index in [2.05, 4.69) is 18.8 Å². The van der Waals surface area contributed by atoms with Gasteiger partial charge >= 0.3 is 0 Å². The molecule has 144 valence electrons. The summed E-state index contributed by atoms with van der Waals surface area (Å²) in [4.78, 5) is 9.56. The molecule has 0 atom stereocenters. The number of sulfone groups is 1. The average molecular weight is 406 g/mol. The minimum absolute atomic E-state index is 0.0778. The first-order valence-corrected chi connectivity index (χ1v) is 11.0. The lowest BCUT2D eigenvalue weighted by Gasteiger charge is -2.12. The summed E-state index contributed by atoms with van der Waals surface area (Å²) in [6.45, 7) is 8.84. The highest BCUT2D eigenvalue weighted by molar-refractivity contribution is 7.91. The summed E-state index contributed by atoms with van der Waals surface area (Å²) in [5.74, 6) is 0.356. The monoisotopic (exact) mass is 405 g/mol. The van der Waals surface area contributed by atoms with Crippen LogP contribution in [0.1, 0.15) is 43.1 Å². The zero-order chi connectivity index (χ0) is 19.8. The molecule has 0 bridgehead atoms. The van der Waals surface area contributed by atoms with Crippen LogP contribution in [0.15, 0.2) is 35.5 Å². The molecule has 2 heterocycles. The molecule has 27 heavy (non-hydrogen) atoms. The Morgan fingerprint density at radius 2 is 1.81 bits per heavy atom. The smallest absolute Gasteiger partial charge is 0.178 e. The average Bonchev–Trinajstić information content (AvgIpc) is 3.02. The molecule has 1 aromatic carbocycles. The number of benzene rings is 1. The van der Waals surface area contributed by atoms with Gasteiger partial charge in [0.2, 0.25) is 0 Å². The van der Waals surface area contributed by atoms with Crippen LogP contribution in [0, 0.1) is 13.8 Å². The summed E-state index contributed by atoms with van der Waals surface area (Å²) in [6, 6.07) is 6.31. The number of halogens is 1. The maximum absolute atomic E-state index is 12.5. The number of imidazole rings is 1. The molecule has 0 unspecified atom stereocenters. The van der Waals surface area contributed by atoms with Crippen LogP contribution in [-0.2, 0) is 16.4 Å². The van der Waals surface area contributed by atoms with Gasteiger partial charge in [-0.2, -0.15) is 0 Å². The quantitative estimate of drug-likeness (QED) is 0.596. The number of aryl methyl sites for hydroxylation is 3. The van der Waals surface area contributed by atoms with E-state index in [1.807, 2.05) is 18.4 Å². The fourth-order valence-electron chi connectivity index (χ4n) is 3.21. The Morgan fingerprint density at radius 3 is 2.44 bits per heavy atom. The zero-order valence-corrected chi connectivity index (χ0v) is 17.6. The maximum Gasteiger partial charge on any atom is 0.178 e. The standard InChI is InChI=1S/C20H24ClN3O2S/c1-13(2)18-19-20(14(3)15(4)23-18)24(12-22-19)10-5-11-27(25,26)17-8-6-16(21)7-9-17/h6-9,12-13H,5,10-11H2,1-4H3. The Hall–Kier alpha value is -1.92. The minimum Gasteiger partial charge on any atom is -0.330 e. The van der Waals surface area contributed by atoms with Crippen LogP contribution < -0.4 is 0 Å². The van der Waals surface area contributed by atoms with E-state index in [4.69, 9.17) is 16.6 Å². The molecule has 0 fully saturated rings. The van der Waals surface area contributed by atoms with E-state index in [0.717, 1.165) is 28.0 Å². The highest BCUT2D eigenvalue weighted by atomic mass is 35.5. The second-order valence-corrected chi connectivity index (χ2v) is 9.67. The van der Waals surface area contributed by atoms with Crippen molar-refractivity contribution >= 4 is 32.5 Å².